The quantitative estimate of drug-likeness (QED) is 0.624. The molecule has 2 aromatic carbocycles. The highest BCUT2D eigenvalue weighted by Crippen LogP contribution is 2.25. The van der Waals surface area contributed by atoms with Crippen molar-refractivity contribution in [2.75, 3.05) is 0 Å². The zero-order valence-corrected chi connectivity index (χ0v) is 16.1. The van der Waals surface area contributed by atoms with Gasteiger partial charge in [-0.15, -0.1) is 0 Å². The third kappa shape index (κ3) is 3.10. The number of fused-ring (bicyclic) bond motifs is 1. The molecule has 1 aliphatic rings. The maximum atomic E-state index is 12.8. The molecule has 0 aliphatic carbocycles. The Bertz CT molecular complexity index is 1100. The highest BCUT2D eigenvalue weighted by Gasteiger charge is 2.39. The maximum Gasteiger partial charge on any atom is 0.367 e. The van der Waals surface area contributed by atoms with Crippen LogP contribution in [0.2, 0.25) is 0 Å². The second-order valence-electron chi connectivity index (χ2n) is 6.78. The highest BCUT2D eigenvalue weighted by molar-refractivity contribution is 6.21. The normalized spacial score (nSPS) is 13.0. The maximum absolute atomic E-state index is 12.8. The summed E-state index contributed by atoms with van der Waals surface area (Å²) < 4.78 is 1.71. The van der Waals surface area contributed by atoms with E-state index in [-0.39, 0.29) is 16.7 Å². The minimum Gasteiger partial charge on any atom is -0.324 e. The van der Waals surface area contributed by atoms with Crippen molar-refractivity contribution in [2.45, 2.75) is 26.7 Å². The molecule has 29 heavy (non-hydrogen) atoms. The lowest BCUT2D eigenvalue weighted by atomic mass is 10.1. The Labute approximate surface area is 167 Å². The second kappa shape index (κ2) is 7.35. The standard InChI is InChI=1S/C22H19N3O4/c1-3-8-19-17(13-23-24(19)18-12-7-4-9-14(18)2)22(28)29-25-20(26)15-10-5-6-11-16(15)21(25)27/h4-7,9-13H,3,8H2,1-2H3. The summed E-state index contributed by atoms with van der Waals surface area (Å²) in [5.41, 5.74) is 3.20. The molecule has 2 heterocycles. The van der Waals surface area contributed by atoms with Gasteiger partial charge in [0, 0.05) is 0 Å². The van der Waals surface area contributed by atoms with E-state index < -0.39 is 17.8 Å². The Kier molecular flexibility index (Phi) is 4.72. The van der Waals surface area contributed by atoms with Gasteiger partial charge in [0.25, 0.3) is 11.8 Å². The fourth-order valence-electron chi connectivity index (χ4n) is 3.41. The number of carbonyl (C=O) groups excluding carboxylic acids is 3. The molecule has 0 spiro atoms. The predicted octanol–water partition coefficient (Wildman–Crippen LogP) is 3.50. The number of hydrogen-bond acceptors (Lipinski definition) is 5. The largest absolute Gasteiger partial charge is 0.367 e. The molecular formula is C22H19N3O4. The number of hydroxylamine groups is 2. The molecule has 1 aliphatic heterocycles. The first-order valence-corrected chi connectivity index (χ1v) is 9.36. The van der Waals surface area contributed by atoms with E-state index in [1.54, 1.807) is 16.8 Å². The van der Waals surface area contributed by atoms with Gasteiger partial charge in [0.05, 0.1) is 28.7 Å². The van der Waals surface area contributed by atoms with Gasteiger partial charge in [-0.1, -0.05) is 48.7 Å². The highest BCUT2D eigenvalue weighted by atomic mass is 16.7. The van der Waals surface area contributed by atoms with Crippen LogP contribution in [-0.2, 0) is 11.3 Å². The molecule has 0 atom stereocenters. The van der Waals surface area contributed by atoms with E-state index in [0.717, 1.165) is 17.7 Å². The summed E-state index contributed by atoms with van der Waals surface area (Å²) in [6, 6.07) is 14.1. The van der Waals surface area contributed by atoms with E-state index in [9.17, 15) is 14.4 Å². The van der Waals surface area contributed by atoms with Crippen molar-refractivity contribution in [1.82, 2.24) is 14.8 Å². The lowest BCUT2D eigenvalue weighted by molar-refractivity contribution is -0.0585. The number of rotatable bonds is 5. The van der Waals surface area contributed by atoms with Gasteiger partial charge in [-0.05, 0) is 37.1 Å². The van der Waals surface area contributed by atoms with Crippen molar-refractivity contribution >= 4 is 17.8 Å². The number of aromatic nitrogens is 2. The Morgan fingerprint density at radius 3 is 2.24 bits per heavy atom. The van der Waals surface area contributed by atoms with Crippen LogP contribution in [0.3, 0.4) is 0 Å². The first-order valence-electron chi connectivity index (χ1n) is 9.36. The fourth-order valence-corrected chi connectivity index (χ4v) is 3.41. The van der Waals surface area contributed by atoms with E-state index >= 15 is 0 Å². The van der Waals surface area contributed by atoms with Crippen LogP contribution in [0.15, 0.2) is 54.7 Å². The van der Waals surface area contributed by atoms with Gasteiger partial charge in [0.1, 0.15) is 5.56 Å². The van der Waals surface area contributed by atoms with E-state index in [1.165, 1.54) is 18.3 Å². The van der Waals surface area contributed by atoms with Gasteiger partial charge >= 0.3 is 5.97 Å². The molecule has 0 N–H and O–H groups in total. The van der Waals surface area contributed by atoms with Crippen molar-refractivity contribution in [3.63, 3.8) is 0 Å². The molecule has 3 aromatic rings. The monoisotopic (exact) mass is 389 g/mol. The zero-order chi connectivity index (χ0) is 20.5. The molecule has 0 fully saturated rings. The minimum atomic E-state index is -0.789. The Morgan fingerprint density at radius 1 is 1.00 bits per heavy atom. The average molecular weight is 389 g/mol. The molecule has 0 saturated heterocycles. The van der Waals surface area contributed by atoms with Crippen LogP contribution < -0.4 is 0 Å². The third-order valence-electron chi connectivity index (χ3n) is 4.85. The number of para-hydroxylation sites is 1. The van der Waals surface area contributed by atoms with E-state index in [0.29, 0.717) is 17.2 Å². The van der Waals surface area contributed by atoms with Crippen molar-refractivity contribution in [1.29, 1.82) is 0 Å². The van der Waals surface area contributed by atoms with Crippen molar-refractivity contribution in [2.24, 2.45) is 0 Å². The van der Waals surface area contributed by atoms with Gasteiger partial charge in [-0.3, -0.25) is 9.59 Å². The topological polar surface area (TPSA) is 81.5 Å². The Balaban J connectivity index is 1.66. The number of aryl methyl sites for hydroxylation is 1. The summed E-state index contributed by atoms with van der Waals surface area (Å²) in [5, 5.41) is 4.89. The van der Waals surface area contributed by atoms with Crippen LogP contribution in [0.4, 0.5) is 0 Å². The fraction of sp³-hybridized carbons (Fsp3) is 0.182. The molecule has 7 nitrogen and oxygen atoms in total. The molecule has 1 aromatic heterocycles. The van der Waals surface area contributed by atoms with Gasteiger partial charge in [0.2, 0.25) is 0 Å². The molecule has 0 bridgehead atoms. The number of amides is 2. The van der Waals surface area contributed by atoms with Gasteiger partial charge < -0.3 is 4.84 Å². The van der Waals surface area contributed by atoms with Gasteiger partial charge in [0.15, 0.2) is 0 Å². The SMILES string of the molecule is CCCc1c(C(=O)ON2C(=O)c3ccccc3C2=O)cnn1-c1ccccc1C. The lowest BCUT2D eigenvalue weighted by Crippen LogP contribution is -2.32. The first-order chi connectivity index (χ1) is 14.0. The molecule has 4 rings (SSSR count). The Morgan fingerprint density at radius 2 is 1.62 bits per heavy atom. The van der Waals surface area contributed by atoms with E-state index in [4.69, 9.17) is 4.84 Å². The van der Waals surface area contributed by atoms with Crippen LogP contribution in [0.5, 0.6) is 0 Å². The summed E-state index contributed by atoms with van der Waals surface area (Å²) in [7, 11) is 0. The van der Waals surface area contributed by atoms with Gasteiger partial charge in [-0.2, -0.15) is 5.10 Å². The van der Waals surface area contributed by atoms with E-state index in [2.05, 4.69) is 5.10 Å². The molecule has 146 valence electrons. The van der Waals surface area contributed by atoms with E-state index in [1.807, 2.05) is 38.1 Å². The van der Waals surface area contributed by atoms with Crippen molar-refractivity contribution in [3.8, 4) is 5.69 Å². The predicted molar refractivity (Wildman–Crippen MR) is 105 cm³/mol. The summed E-state index contributed by atoms with van der Waals surface area (Å²) in [6.45, 7) is 3.96. The molecule has 0 radical (unpaired) electrons. The molecule has 2 amide bonds. The van der Waals surface area contributed by atoms with Gasteiger partial charge in [-0.25, -0.2) is 9.48 Å². The number of imide groups is 1. The van der Waals surface area contributed by atoms with Crippen LogP contribution in [0, 0.1) is 6.92 Å². The van der Waals surface area contributed by atoms with Crippen LogP contribution in [0.25, 0.3) is 5.69 Å². The molecule has 0 saturated carbocycles. The molecule has 7 heteroatoms. The van der Waals surface area contributed by atoms with Crippen LogP contribution in [-0.4, -0.2) is 32.6 Å². The first kappa shape index (κ1) is 18.6. The smallest absolute Gasteiger partial charge is 0.324 e. The summed E-state index contributed by atoms with van der Waals surface area (Å²) in [6.07, 6.45) is 2.78. The van der Waals surface area contributed by atoms with Crippen LogP contribution in [0.1, 0.15) is 55.7 Å². The van der Waals surface area contributed by atoms with Crippen LogP contribution >= 0.6 is 0 Å². The lowest BCUT2D eigenvalue weighted by Gasteiger charge is -2.14. The average Bonchev–Trinajstić information content (AvgIpc) is 3.24. The molecular weight excluding hydrogens is 370 g/mol. The molecule has 0 unspecified atom stereocenters. The number of hydrogen-bond donors (Lipinski definition) is 0. The summed E-state index contributed by atoms with van der Waals surface area (Å²) in [4.78, 5) is 43.0. The number of nitrogens with zero attached hydrogens (tertiary/aromatic N) is 3. The number of carbonyl (C=O) groups is 3. The van der Waals surface area contributed by atoms with Crippen molar-refractivity contribution in [3.05, 3.63) is 82.7 Å². The minimum absolute atomic E-state index is 0.217. The zero-order valence-electron chi connectivity index (χ0n) is 16.1. The third-order valence-corrected chi connectivity index (χ3v) is 4.85. The number of benzene rings is 2. The summed E-state index contributed by atoms with van der Waals surface area (Å²) in [5.74, 6) is -2.09. The Hall–Kier alpha value is -3.74. The summed E-state index contributed by atoms with van der Waals surface area (Å²) >= 11 is 0. The van der Waals surface area contributed by atoms with Crippen molar-refractivity contribution < 1.29 is 19.2 Å². The second-order valence-corrected chi connectivity index (χ2v) is 6.78.